The fourth-order valence-corrected chi connectivity index (χ4v) is 2.68. The Bertz CT molecular complexity index is 696. The summed E-state index contributed by atoms with van der Waals surface area (Å²) in [7, 11) is 1.75. The lowest BCUT2D eigenvalue weighted by atomic mass is 10.3. The summed E-state index contributed by atoms with van der Waals surface area (Å²) < 4.78 is 1.79. The Morgan fingerprint density at radius 2 is 2.09 bits per heavy atom. The molecule has 2 heterocycles. The molecule has 120 valence electrons. The zero-order valence-corrected chi connectivity index (χ0v) is 13.2. The van der Waals surface area contributed by atoms with Gasteiger partial charge in [-0.15, -0.1) is 0 Å². The monoisotopic (exact) mass is 312 g/mol. The predicted molar refractivity (Wildman–Crippen MR) is 85.9 cm³/mol. The van der Waals surface area contributed by atoms with Crippen LogP contribution in [0, 0.1) is 0 Å². The molecule has 6 nitrogen and oxygen atoms in total. The molecule has 1 aromatic heterocycles. The Kier molecular flexibility index (Phi) is 4.41. The fraction of sp³-hybridized carbons (Fsp3) is 0.353. The van der Waals surface area contributed by atoms with Crippen molar-refractivity contribution in [1.82, 2.24) is 19.6 Å². The Morgan fingerprint density at radius 3 is 2.78 bits per heavy atom. The van der Waals surface area contributed by atoms with Crippen molar-refractivity contribution in [2.75, 3.05) is 20.1 Å². The van der Waals surface area contributed by atoms with Gasteiger partial charge in [-0.1, -0.05) is 18.2 Å². The van der Waals surface area contributed by atoms with Gasteiger partial charge in [0.25, 0.3) is 0 Å². The predicted octanol–water partition coefficient (Wildman–Crippen LogP) is 1.45. The van der Waals surface area contributed by atoms with Crippen molar-refractivity contribution < 1.29 is 9.59 Å². The van der Waals surface area contributed by atoms with E-state index in [4.69, 9.17) is 0 Å². The molecule has 0 unspecified atom stereocenters. The highest BCUT2D eigenvalue weighted by molar-refractivity contribution is 5.85. The second-order valence-electron chi connectivity index (χ2n) is 5.80. The molecule has 0 N–H and O–H groups in total. The summed E-state index contributed by atoms with van der Waals surface area (Å²) in [5.74, 6) is 0.0244. The van der Waals surface area contributed by atoms with Crippen LogP contribution in [0.15, 0.2) is 42.7 Å². The summed E-state index contributed by atoms with van der Waals surface area (Å²) >= 11 is 0. The number of rotatable bonds is 5. The molecule has 0 aliphatic carbocycles. The van der Waals surface area contributed by atoms with Gasteiger partial charge in [-0.3, -0.25) is 9.59 Å². The van der Waals surface area contributed by atoms with E-state index >= 15 is 0 Å². The van der Waals surface area contributed by atoms with Gasteiger partial charge in [-0.2, -0.15) is 5.10 Å². The average Bonchev–Trinajstić information content (AvgIpc) is 3.18. The number of hydrogen-bond donors (Lipinski definition) is 0. The quantitative estimate of drug-likeness (QED) is 0.840. The van der Waals surface area contributed by atoms with Gasteiger partial charge >= 0.3 is 0 Å². The highest BCUT2D eigenvalue weighted by Crippen LogP contribution is 2.11. The van der Waals surface area contributed by atoms with E-state index < -0.39 is 0 Å². The van der Waals surface area contributed by atoms with E-state index in [1.54, 1.807) is 27.7 Å². The smallest absolute Gasteiger partial charge is 0.242 e. The van der Waals surface area contributed by atoms with Crippen molar-refractivity contribution in [3.8, 4) is 5.69 Å². The summed E-state index contributed by atoms with van der Waals surface area (Å²) in [6.07, 6.45) is 5.08. The van der Waals surface area contributed by atoms with Gasteiger partial charge in [0.2, 0.25) is 11.8 Å². The molecule has 0 bridgehead atoms. The van der Waals surface area contributed by atoms with Crippen molar-refractivity contribution in [2.45, 2.75) is 19.4 Å². The summed E-state index contributed by atoms with van der Waals surface area (Å²) in [6.45, 7) is 1.33. The zero-order valence-electron chi connectivity index (χ0n) is 13.2. The topological polar surface area (TPSA) is 58.4 Å². The lowest BCUT2D eigenvalue weighted by molar-refractivity contribution is -0.137. The third-order valence-electron chi connectivity index (χ3n) is 4.00. The highest BCUT2D eigenvalue weighted by atomic mass is 16.2. The molecule has 0 atom stereocenters. The number of hydrogen-bond acceptors (Lipinski definition) is 3. The number of likely N-dealkylation sites (tertiary alicyclic amines) is 1. The molecule has 6 heteroatoms. The second kappa shape index (κ2) is 6.64. The number of benzene rings is 1. The highest BCUT2D eigenvalue weighted by Gasteiger charge is 2.23. The minimum Gasteiger partial charge on any atom is -0.340 e. The van der Waals surface area contributed by atoms with Crippen LogP contribution in [-0.2, 0) is 16.1 Å². The Morgan fingerprint density at radius 1 is 1.30 bits per heavy atom. The first kappa shape index (κ1) is 15.3. The summed E-state index contributed by atoms with van der Waals surface area (Å²) in [4.78, 5) is 27.1. The minimum atomic E-state index is -0.0484. The molecule has 1 fully saturated rings. The van der Waals surface area contributed by atoms with E-state index in [0.29, 0.717) is 19.5 Å². The van der Waals surface area contributed by atoms with Crippen LogP contribution in [-0.4, -0.2) is 51.5 Å². The van der Waals surface area contributed by atoms with Gasteiger partial charge < -0.3 is 9.80 Å². The van der Waals surface area contributed by atoms with E-state index in [9.17, 15) is 9.59 Å². The number of nitrogens with zero attached hydrogens (tertiary/aromatic N) is 4. The van der Waals surface area contributed by atoms with Gasteiger partial charge in [-0.05, 0) is 18.6 Å². The maximum atomic E-state index is 12.2. The first-order chi connectivity index (χ1) is 11.1. The van der Waals surface area contributed by atoms with Crippen molar-refractivity contribution in [3.05, 3.63) is 48.3 Å². The normalized spacial score (nSPS) is 14.3. The van der Waals surface area contributed by atoms with Gasteiger partial charge in [0.05, 0.1) is 18.4 Å². The van der Waals surface area contributed by atoms with E-state index in [1.165, 1.54) is 0 Å². The van der Waals surface area contributed by atoms with E-state index in [0.717, 1.165) is 17.7 Å². The summed E-state index contributed by atoms with van der Waals surface area (Å²) in [6, 6.07) is 9.83. The number of para-hydroxylation sites is 1. The van der Waals surface area contributed by atoms with Crippen LogP contribution < -0.4 is 0 Å². The SMILES string of the molecule is CN(Cc1cnn(-c2ccccc2)c1)C(=O)CN1CCCC1=O. The standard InChI is InChI=1S/C17H20N4O2/c1-19(17(23)13-20-9-5-8-16(20)22)11-14-10-18-21(12-14)15-6-3-2-4-7-15/h2-4,6-7,10,12H,5,8-9,11,13H2,1H3. The molecule has 1 aliphatic heterocycles. The van der Waals surface area contributed by atoms with Crippen LogP contribution >= 0.6 is 0 Å². The van der Waals surface area contributed by atoms with Crippen LogP contribution in [0.3, 0.4) is 0 Å². The molecule has 0 spiro atoms. The maximum Gasteiger partial charge on any atom is 0.242 e. The fourth-order valence-electron chi connectivity index (χ4n) is 2.68. The number of aromatic nitrogens is 2. The van der Waals surface area contributed by atoms with Crippen molar-refractivity contribution >= 4 is 11.8 Å². The lowest BCUT2D eigenvalue weighted by Gasteiger charge is -2.21. The number of likely N-dealkylation sites (N-methyl/N-ethyl adjacent to an activating group) is 1. The molecule has 23 heavy (non-hydrogen) atoms. The minimum absolute atomic E-state index is 0.0484. The molecule has 0 saturated carbocycles. The van der Waals surface area contributed by atoms with E-state index in [2.05, 4.69) is 5.10 Å². The van der Waals surface area contributed by atoms with Gasteiger partial charge in [0.15, 0.2) is 0 Å². The molecule has 2 amide bonds. The molecule has 1 saturated heterocycles. The lowest BCUT2D eigenvalue weighted by Crippen LogP contribution is -2.38. The third-order valence-corrected chi connectivity index (χ3v) is 4.00. The van der Waals surface area contributed by atoms with Crippen LogP contribution in [0.4, 0.5) is 0 Å². The Balaban J connectivity index is 1.59. The van der Waals surface area contributed by atoms with Crippen molar-refractivity contribution in [1.29, 1.82) is 0 Å². The van der Waals surface area contributed by atoms with Crippen LogP contribution in [0.1, 0.15) is 18.4 Å². The van der Waals surface area contributed by atoms with Crippen molar-refractivity contribution in [3.63, 3.8) is 0 Å². The molecule has 1 aliphatic rings. The van der Waals surface area contributed by atoms with Crippen molar-refractivity contribution in [2.24, 2.45) is 0 Å². The molecule has 1 aromatic carbocycles. The average molecular weight is 312 g/mol. The second-order valence-corrected chi connectivity index (χ2v) is 5.80. The van der Waals surface area contributed by atoms with Crippen LogP contribution in [0.5, 0.6) is 0 Å². The Labute approximate surface area is 135 Å². The van der Waals surface area contributed by atoms with Crippen LogP contribution in [0.25, 0.3) is 5.69 Å². The van der Waals surface area contributed by atoms with Gasteiger partial charge in [0.1, 0.15) is 0 Å². The summed E-state index contributed by atoms with van der Waals surface area (Å²) in [5, 5.41) is 4.33. The number of carbonyl (C=O) groups excluding carboxylic acids is 2. The largest absolute Gasteiger partial charge is 0.340 e. The maximum absolute atomic E-state index is 12.2. The van der Waals surface area contributed by atoms with Gasteiger partial charge in [0, 0.05) is 38.3 Å². The first-order valence-electron chi connectivity index (χ1n) is 7.74. The third kappa shape index (κ3) is 3.59. The first-order valence-corrected chi connectivity index (χ1v) is 7.74. The molecule has 2 aromatic rings. The molecule has 0 radical (unpaired) electrons. The van der Waals surface area contributed by atoms with Gasteiger partial charge in [-0.25, -0.2) is 4.68 Å². The Hall–Kier alpha value is -2.63. The molecular formula is C17H20N4O2. The zero-order chi connectivity index (χ0) is 16.2. The molecular weight excluding hydrogens is 292 g/mol. The number of carbonyl (C=O) groups is 2. The van der Waals surface area contributed by atoms with E-state index in [-0.39, 0.29) is 18.4 Å². The van der Waals surface area contributed by atoms with Crippen LogP contribution in [0.2, 0.25) is 0 Å². The molecule has 3 rings (SSSR count). The number of amides is 2. The summed E-state index contributed by atoms with van der Waals surface area (Å²) in [5.41, 5.74) is 1.94. The van der Waals surface area contributed by atoms with E-state index in [1.807, 2.05) is 36.5 Å².